The number of aromatic amines is 2. The lowest BCUT2D eigenvalue weighted by Gasteiger charge is -2.14. The molecule has 14 heteroatoms. The average Bonchev–Trinajstić information content (AvgIpc) is 3.33. The lowest BCUT2D eigenvalue weighted by Crippen LogP contribution is -2.07. The van der Waals surface area contributed by atoms with E-state index < -0.39 is 25.7 Å². The summed E-state index contributed by atoms with van der Waals surface area (Å²) in [5, 5.41) is 0. The Morgan fingerprint density at radius 1 is 1.00 bits per heavy atom. The molecule has 0 bridgehead atoms. The van der Waals surface area contributed by atoms with Crippen LogP contribution in [-0.4, -0.2) is 49.7 Å². The third kappa shape index (κ3) is 19.7. The number of nitrogens with one attached hydrogen (secondary N) is 2. The number of halogens is 1. The van der Waals surface area contributed by atoms with Gasteiger partial charge in [0.1, 0.15) is 0 Å². The Morgan fingerprint density at radius 2 is 1.50 bits per heavy atom. The first-order chi connectivity index (χ1) is 15.7. The van der Waals surface area contributed by atoms with Crippen molar-refractivity contribution < 1.29 is 34.9 Å². The van der Waals surface area contributed by atoms with Crippen molar-refractivity contribution in [3.63, 3.8) is 0 Å². The van der Waals surface area contributed by atoms with E-state index in [0.717, 1.165) is 6.92 Å². The lowest BCUT2D eigenvalue weighted by atomic mass is 9.94. The zero-order valence-corrected chi connectivity index (χ0v) is 22.4. The summed E-state index contributed by atoms with van der Waals surface area (Å²) in [5.74, 6) is -0.373. The van der Waals surface area contributed by atoms with Crippen LogP contribution >= 0.6 is 10.7 Å². The van der Waals surface area contributed by atoms with Gasteiger partial charge in [0.15, 0.2) is 0 Å². The van der Waals surface area contributed by atoms with Crippen LogP contribution in [0.2, 0.25) is 6.82 Å². The van der Waals surface area contributed by atoms with Gasteiger partial charge < -0.3 is 14.2 Å². The second-order valence-corrected chi connectivity index (χ2v) is 9.94. The van der Waals surface area contributed by atoms with Crippen LogP contribution < -0.4 is 0 Å². The first kappa shape index (κ1) is 34.4. The van der Waals surface area contributed by atoms with Gasteiger partial charge in [-0.15, -0.1) is 0 Å². The van der Waals surface area contributed by atoms with Gasteiger partial charge in [-0.05, 0) is 49.9 Å². The smallest absolute Gasteiger partial charge is 0.357 e. The molecule has 1 unspecified atom stereocenters. The quantitative estimate of drug-likeness (QED) is 0.207. The van der Waals surface area contributed by atoms with Crippen LogP contribution in [0.1, 0.15) is 70.2 Å². The zero-order chi connectivity index (χ0) is 26.9. The first-order valence-corrected chi connectivity index (χ1v) is 14.1. The highest BCUT2D eigenvalue weighted by Gasteiger charge is 2.13. The summed E-state index contributed by atoms with van der Waals surface area (Å²) in [5.41, 5.74) is 5.01. The van der Waals surface area contributed by atoms with Crippen molar-refractivity contribution in [2.45, 2.75) is 72.5 Å². The van der Waals surface area contributed by atoms with Crippen LogP contribution in [0.5, 0.6) is 0 Å². The number of aryl methyl sites for hydroxylation is 1. The molecule has 2 aromatic rings. The first-order valence-electron chi connectivity index (χ1n) is 10.4. The van der Waals surface area contributed by atoms with Crippen LogP contribution in [0.15, 0.2) is 24.3 Å². The van der Waals surface area contributed by atoms with Crippen LogP contribution in [0.3, 0.4) is 0 Å². The molecule has 1 atom stereocenters. The van der Waals surface area contributed by atoms with Crippen molar-refractivity contribution in [3.05, 3.63) is 35.7 Å². The Balaban J connectivity index is 0. The lowest BCUT2D eigenvalue weighted by molar-refractivity contribution is -0.131. The molecule has 2 radical (unpaired) electrons. The normalized spacial score (nSPS) is 11.5. The van der Waals surface area contributed by atoms with E-state index in [0.29, 0.717) is 5.92 Å². The maximum absolute atomic E-state index is 9.70. The van der Waals surface area contributed by atoms with Gasteiger partial charge in [-0.25, -0.2) is 0 Å². The number of hydrogen-bond donors (Lipinski definition) is 4. The Bertz CT molecular complexity index is 1030. The molecule has 2 heterocycles. The number of aromatic nitrogens is 2. The fourth-order valence-corrected chi connectivity index (χ4v) is 3.17. The molecule has 0 saturated carbocycles. The number of hydrogen-bond acceptors (Lipinski definition) is 6. The highest BCUT2D eigenvalue weighted by Crippen LogP contribution is 2.28. The van der Waals surface area contributed by atoms with E-state index in [9.17, 15) is 13.2 Å². The van der Waals surface area contributed by atoms with Crippen molar-refractivity contribution in [3.8, 4) is 11.4 Å². The summed E-state index contributed by atoms with van der Waals surface area (Å²) in [6.45, 7) is 9.00. The van der Waals surface area contributed by atoms with Gasteiger partial charge in [-0.3, -0.25) is 13.9 Å². The number of H-pyrrole nitrogens is 2. The second kappa shape index (κ2) is 17.6. The van der Waals surface area contributed by atoms with Crippen LogP contribution in [0, 0.1) is 6.92 Å². The summed E-state index contributed by atoms with van der Waals surface area (Å²) in [6, 6.07) is 8.74. The summed E-state index contributed by atoms with van der Waals surface area (Å²) in [4.78, 5) is 16.7. The van der Waals surface area contributed by atoms with E-state index in [2.05, 4.69) is 77.7 Å². The third-order valence-electron chi connectivity index (χ3n) is 4.04. The molecule has 0 aromatic carbocycles. The molecule has 0 aliphatic rings. The Kier molecular flexibility index (Phi) is 17.8. The maximum atomic E-state index is 9.70. The number of carbonyl (C=O) groups is 1. The molecule has 2 rings (SSSR count). The fraction of sp³-hybridized carbons (Fsp3) is 0.550. The molecule has 0 fully saturated rings. The van der Waals surface area contributed by atoms with E-state index in [1.54, 1.807) is 0 Å². The highest BCUT2D eigenvalue weighted by atomic mass is 35.7. The SMILES string of the molecule is CC(=O)OS(=O)(=O)O.CCCCC(CCC)c1ccc(-c2ccc(C)[nH]2)[nH]1.O=S(=O)(O)Cl.[B]C. The summed E-state index contributed by atoms with van der Waals surface area (Å²) < 4.78 is 55.3. The van der Waals surface area contributed by atoms with Gasteiger partial charge in [-0.1, -0.05) is 39.9 Å². The third-order valence-corrected chi connectivity index (χ3v) is 4.48. The van der Waals surface area contributed by atoms with E-state index in [4.69, 9.17) is 17.5 Å². The standard InChI is InChI=1S/C17H26N2.C2H4O5S.CH3B.ClHO3S/c1-4-6-8-14(7-5-2)15-11-12-17(19-15)16-10-9-13(3)18-16;1-2(3)7-8(4,5)6;1-2;1-5(2,3)4/h9-12,14,18-19H,4-8H2,1-3H3;1H3,(H,4,5,6);1H3;(H,2,3,4). The molecule has 10 nitrogen and oxygen atoms in total. The predicted molar refractivity (Wildman–Crippen MR) is 135 cm³/mol. The zero-order valence-electron chi connectivity index (χ0n) is 20.0. The minimum Gasteiger partial charge on any atom is -0.357 e. The molecule has 0 amide bonds. The van der Waals surface area contributed by atoms with Crippen molar-refractivity contribution in [2.24, 2.45) is 0 Å². The van der Waals surface area contributed by atoms with E-state index >= 15 is 0 Å². The molecule has 0 saturated heterocycles. The van der Waals surface area contributed by atoms with Crippen molar-refractivity contribution in [1.82, 2.24) is 9.97 Å². The molecule has 194 valence electrons. The van der Waals surface area contributed by atoms with Crippen LogP contribution in [0.25, 0.3) is 11.4 Å². The van der Waals surface area contributed by atoms with Gasteiger partial charge in [0.25, 0.3) is 0 Å². The van der Waals surface area contributed by atoms with Gasteiger partial charge in [0, 0.05) is 29.0 Å². The predicted octanol–water partition coefficient (Wildman–Crippen LogP) is 4.98. The summed E-state index contributed by atoms with van der Waals surface area (Å²) in [6.07, 6.45) is 6.44. The average molecular weight is 541 g/mol. The molecule has 4 N–H and O–H groups in total. The second-order valence-electron chi connectivity index (χ2n) is 6.92. The number of carbonyl (C=O) groups excluding carboxylic acids is 1. The van der Waals surface area contributed by atoms with Crippen molar-refractivity contribution >= 4 is 44.2 Å². The van der Waals surface area contributed by atoms with Crippen LogP contribution in [-0.2, 0) is 28.7 Å². The molecule has 0 aliphatic carbocycles. The van der Waals surface area contributed by atoms with E-state index in [1.807, 2.05) is 0 Å². The fourth-order valence-electron chi connectivity index (χ4n) is 2.87. The molecule has 34 heavy (non-hydrogen) atoms. The molecular formula is C20H34BClN2O8S2. The van der Waals surface area contributed by atoms with Crippen molar-refractivity contribution in [2.75, 3.05) is 0 Å². The van der Waals surface area contributed by atoms with Crippen molar-refractivity contribution in [1.29, 1.82) is 0 Å². The largest absolute Gasteiger partial charge is 0.448 e. The molecule has 2 aromatic heterocycles. The molecule has 0 aliphatic heterocycles. The molecule has 0 spiro atoms. The minimum atomic E-state index is -4.57. The minimum absolute atomic E-state index is 0.690. The van der Waals surface area contributed by atoms with Gasteiger partial charge in [-0.2, -0.15) is 16.8 Å². The summed E-state index contributed by atoms with van der Waals surface area (Å²) in [7, 11) is -0.209. The topological polar surface area (TPSA) is 167 Å². The summed E-state index contributed by atoms with van der Waals surface area (Å²) >= 11 is 0. The Labute approximate surface area is 208 Å². The van der Waals surface area contributed by atoms with E-state index in [1.165, 1.54) is 61.7 Å². The van der Waals surface area contributed by atoms with Gasteiger partial charge >= 0.3 is 25.7 Å². The monoisotopic (exact) mass is 540 g/mol. The highest BCUT2D eigenvalue weighted by molar-refractivity contribution is 8.09. The molecular weight excluding hydrogens is 507 g/mol. The van der Waals surface area contributed by atoms with Gasteiger partial charge in [0.2, 0.25) is 0 Å². The Hall–Kier alpha value is -1.80. The van der Waals surface area contributed by atoms with E-state index in [-0.39, 0.29) is 0 Å². The van der Waals surface area contributed by atoms with Gasteiger partial charge in [0.05, 0.1) is 19.2 Å². The number of unbranched alkanes of at least 4 members (excludes halogenated alkanes) is 1. The Morgan fingerprint density at radius 3 is 1.85 bits per heavy atom. The van der Waals surface area contributed by atoms with Crippen LogP contribution in [0.4, 0.5) is 0 Å². The maximum Gasteiger partial charge on any atom is 0.448 e. The number of rotatable bonds is 8.